The summed E-state index contributed by atoms with van der Waals surface area (Å²) < 4.78 is 5.29. The van der Waals surface area contributed by atoms with Gasteiger partial charge in [-0.15, -0.1) is 0 Å². The first kappa shape index (κ1) is 19.6. The van der Waals surface area contributed by atoms with Crippen molar-refractivity contribution in [3.63, 3.8) is 0 Å². The van der Waals surface area contributed by atoms with Gasteiger partial charge in [-0.1, -0.05) is 24.3 Å². The van der Waals surface area contributed by atoms with Gasteiger partial charge in [0, 0.05) is 46.4 Å². The molecule has 0 saturated carbocycles. The maximum atomic E-state index is 12.6. The fraction of sp³-hybridized carbons (Fsp3) is 0.476. The smallest absolute Gasteiger partial charge is 0.227 e. The van der Waals surface area contributed by atoms with Crippen LogP contribution in [0.3, 0.4) is 0 Å². The summed E-state index contributed by atoms with van der Waals surface area (Å²) in [6, 6.07) is 7.56. The highest BCUT2D eigenvalue weighted by Crippen LogP contribution is 2.21. The lowest BCUT2D eigenvalue weighted by Gasteiger charge is -2.38. The number of rotatable bonds is 6. The molecule has 2 fully saturated rings. The highest BCUT2D eigenvalue weighted by Gasteiger charge is 2.28. The van der Waals surface area contributed by atoms with Crippen molar-refractivity contribution in [2.75, 3.05) is 56.2 Å². The van der Waals surface area contributed by atoms with Crippen molar-refractivity contribution in [1.82, 2.24) is 14.9 Å². The van der Waals surface area contributed by atoms with Crippen LogP contribution in [-0.2, 0) is 22.6 Å². The maximum Gasteiger partial charge on any atom is 0.227 e. The summed E-state index contributed by atoms with van der Waals surface area (Å²) in [6.07, 6.45) is 4.36. The summed E-state index contributed by atoms with van der Waals surface area (Å²) >= 11 is 0. The molecule has 1 aromatic heterocycles. The van der Waals surface area contributed by atoms with Crippen LogP contribution in [0.4, 0.5) is 11.6 Å². The summed E-state index contributed by atoms with van der Waals surface area (Å²) in [5.41, 5.74) is 2.76. The SMILES string of the molecule is COC1CN(c2ncc(N3CCN(C(=O)Cc4cccc(CO)c4)CC3)cn2)C1. The second-order valence-corrected chi connectivity index (χ2v) is 7.53. The van der Waals surface area contributed by atoms with E-state index < -0.39 is 0 Å². The van der Waals surface area contributed by atoms with E-state index in [1.165, 1.54) is 0 Å². The van der Waals surface area contributed by atoms with E-state index in [9.17, 15) is 9.90 Å². The predicted octanol–water partition coefficient (Wildman–Crippen LogP) is 0.695. The molecule has 1 amide bonds. The number of carbonyl (C=O) groups excluding carboxylic acids is 1. The number of carbonyl (C=O) groups is 1. The first-order valence-electron chi connectivity index (χ1n) is 9.97. The number of aliphatic hydroxyl groups is 1. The predicted molar refractivity (Wildman–Crippen MR) is 110 cm³/mol. The molecule has 3 heterocycles. The van der Waals surface area contributed by atoms with Crippen LogP contribution < -0.4 is 9.80 Å². The van der Waals surface area contributed by atoms with E-state index in [4.69, 9.17) is 4.74 Å². The minimum atomic E-state index is -0.00765. The molecule has 8 nitrogen and oxygen atoms in total. The average Bonchev–Trinajstić information content (AvgIpc) is 2.74. The Bertz CT molecular complexity index is 830. The van der Waals surface area contributed by atoms with Crippen LogP contribution >= 0.6 is 0 Å². The van der Waals surface area contributed by atoms with Crippen molar-refractivity contribution in [2.45, 2.75) is 19.1 Å². The van der Waals surface area contributed by atoms with Crippen molar-refractivity contribution in [3.8, 4) is 0 Å². The maximum absolute atomic E-state index is 12.6. The summed E-state index contributed by atoms with van der Waals surface area (Å²) in [5, 5.41) is 9.25. The molecule has 2 aromatic rings. The molecule has 2 aliphatic rings. The van der Waals surface area contributed by atoms with E-state index in [0.29, 0.717) is 19.5 Å². The van der Waals surface area contributed by atoms with Crippen molar-refractivity contribution in [1.29, 1.82) is 0 Å². The van der Waals surface area contributed by atoms with Crippen LogP contribution in [0.25, 0.3) is 0 Å². The van der Waals surface area contributed by atoms with Gasteiger partial charge in [0.15, 0.2) is 0 Å². The number of hydrogen-bond donors (Lipinski definition) is 1. The van der Waals surface area contributed by atoms with E-state index in [0.717, 1.165) is 48.9 Å². The molecular formula is C21H27N5O3. The van der Waals surface area contributed by atoms with Crippen LogP contribution in [0.5, 0.6) is 0 Å². The van der Waals surface area contributed by atoms with Crippen molar-refractivity contribution >= 4 is 17.5 Å². The standard InChI is InChI=1S/C21H27N5O3/c1-29-19-13-26(14-19)21-22-11-18(12-23-21)24-5-7-25(8-6-24)20(28)10-16-3-2-4-17(9-16)15-27/h2-4,9,11-12,19,27H,5-8,10,13-15H2,1H3. The van der Waals surface area contributed by atoms with Crippen molar-refractivity contribution in [2.24, 2.45) is 0 Å². The zero-order valence-corrected chi connectivity index (χ0v) is 16.7. The zero-order chi connectivity index (χ0) is 20.2. The second-order valence-electron chi connectivity index (χ2n) is 7.53. The van der Waals surface area contributed by atoms with Gasteiger partial charge in [0.25, 0.3) is 0 Å². The average molecular weight is 397 g/mol. The third-order valence-electron chi connectivity index (χ3n) is 5.62. The van der Waals surface area contributed by atoms with Crippen LogP contribution in [0, 0.1) is 0 Å². The molecule has 0 spiro atoms. The highest BCUT2D eigenvalue weighted by atomic mass is 16.5. The molecule has 0 bridgehead atoms. The minimum Gasteiger partial charge on any atom is -0.392 e. The molecule has 154 valence electrons. The number of nitrogens with zero attached hydrogens (tertiary/aromatic N) is 5. The number of aromatic nitrogens is 2. The van der Waals surface area contributed by atoms with Gasteiger partial charge in [-0.05, 0) is 11.1 Å². The lowest BCUT2D eigenvalue weighted by Crippen LogP contribution is -2.52. The summed E-state index contributed by atoms with van der Waals surface area (Å²) in [7, 11) is 1.72. The zero-order valence-electron chi connectivity index (χ0n) is 16.7. The number of benzene rings is 1. The van der Waals surface area contributed by atoms with Gasteiger partial charge in [0.05, 0.1) is 37.2 Å². The lowest BCUT2D eigenvalue weighted by atomic mass is 10.1. The molecular weight excluding hydrogens is 370 g/mol. The van der Waals surface area contributed by atoms with E-state index in [1.807, 2.05) is 41.6 Å². The molecule has 0 atom stereocenters. The Hall–Kier alpha value is -2.71. The van der Waals surface area contributed by atoms with Gasteiger partial charge in [-0.3, -0.25) is 4.79 Å². The lowest BCUT2D eigenvalue weighted by molar-refractivity contribution is -0.130. The Morgan fingerprint density at radius 2 is 1.79 bits per heavy atom. The fourth-order valence-corrected chi connectivity index (χ4v) is 3.73. The number of hydrogen-bond acceptors (Lipinski definition) is 7. The quantitative estimate of drug-likeness (QED) is 0.768. The van der Waals surface area contributed by atoms with Crippen molar-refractivity contribution in [3.05, 3.63) is 47.8 Å². The molecule has 4 rings (SSSR count). The Kier molecular flexibility index (Phi) is 5.92. The Morgan fingerprint density at radius 3 is 2.45 bits per heavy atom. The van der Waals surface area contributed by atoms with Gasteiger partial charge in [0.2, 0.25) is 11.9 Å². The second kappa shape index (κ2) is 8.75. The first-order chi connectivity index (χ1) is 14.2. The monoisotopic (exact) mass is 397 g/mol. The molecule has 29 heavy (non-hydrogen) atoms. The van der Waals surface area contributed by atoms with Crippen LogP contribution in [-0.4, -0.2) is 78.4 Å². The summed E-state index contributed by atoms with van der Waals surface area (Å²) in [6.45, 7) is 4.55. The highest BCUT2D eigenvalue weighted by molar-refractivity contribution is 5.79. The van der Waals surface area contributed by atoms with Gasteiger partial charge < -0.3 is 24.5 Å². The Labute approximate surface area is 170 Å². The van der Waals surface area contributed by atoms with Crippen molar-refractivity contribution < 1.29 is 14.6 Å². The van der Waals surface area contributed by atoms with Crippen LogP contribution in [0.2, 0.25) is 0 Å². The Morgan fingerprint density at radius 1 is 1.10 bits per heavy atom. The normalized spacial score (nSPS) is 17.4. The van der Waals surface area contributed by atoms with E-state index in [-0.39, 0.29) is 18.6 Å². The Balaban J connectivity index is 1.28. The fourth-order valence-electron chi connectivity index (χ4n) is 3.73. The molecule has 2 saturated heterocycles. The first-order valence-corrected chi connectivity index (χ1v) is 9.97. The third kappa shape index (κ3) is 4.49. The number of piperazine rings is 1. The number of aliphatic hydroxyl groups excluding tert-OH is 1. The number of ether oxygens (including phenoxy) is 1. The molecule has 8 heteroatoms. The molecule has 1 N–H and O–H groups in total. The number of methoxy groups -OCH3 is 1. The van der Waals surface area contributed by atoms with E-state index in [2.05, 4.69) is 19.8 Å². The topological polar surface area (TPSA) is 82.0 Å². The van der Waals surface area contributed by atoms with Gasteiger partial charge in [-0.2, -0.15) is 0 Å². The van der Waals surface area contributed by atoms with Crippen LogP contribution in [0.1, 0.15) is 11.1 Å². The molecule has 0 unspecified atom stereocenters. The molecule has 2 aliphatic heterocycles. The largest absolute Gasteiger partial charge is 0.392 e. The molecule has 0 aliphatic carbocycles. The van der Waals surface area contributed by atoms with Gasteiger partial charge in [-0.25, -0.2) is 9.97 Å². The number of amides is 1. The van der Waals surface area contributed by atoms with Crippen LogP contribution in [0.15, 0.2) is 36.7 Å². The van der Waals surface area contributed by atoms with Gasteiger partial charge >= 0.3 is 0 Å². The van der Waals surface area contributed by atoms with Gasteiger partial charge in [0.1, 0.15) is 0 Å². The number of anilines is 2. The molecule has 0 radical (unpaired) electrons. The van der Waals surface area contributed by atoms with E-state index >= 15 is 0 Å². The van der Waals surface area contributed by atoms with E-state index in [1.54, 1.807) is 7.11 Å². The summed E-state index contributed by atoms with van der Waals surface area (Å²) in [4.78, 5) is 27.8. The minimum absolute atomic E-state index is 0.00765. The summed E-state index contributed by atoms with van der Waals surface area (Å²) in [5.74, 6) is 0.859. The molecule has 1 aromatic carbocycles. The third-order valence-corrected chi connectivity index (χ3v) is 5.62.